The normalized spacial score (nSPS) is 15.0. The van der Waals surface area contributed by atoms with Crippen molar-refractivity contribution in [3.63, 3.8) is 0 Å². The molecule has 3 aromatic rings. The van der Waals surface area contributed by atoms with Crippen LogP contribution in [0.5, 0.6) is 0 Å². The summed E-state index contributed by atoms with van der Waals surface area (Å²) in [7, 11) is 0. The first-order valence-electron chi connectivity index (χ1n) is 8.03. The Morgan fingerprint density at radius 1 is 1.38 bits per heavy atom. The van der Waals surface area contributed by atoms with E-state index >= 15 is 0 Å². The van der Waals surface area contributed by atoms with E-state index < -0.39 is 5.91 Å². The Hall–Kier alpha value is -2.95. The summed E-state index contributed by atoms with van der Waals surface area (Å²) in [6.45, 7) is 0. The van der Waals surface area contributed by atoms with E-state index in [1.807, 2.05) is 12.3 Å². The molecule has 3 aromatic heterocycles. The molecule has 8 heteroatoms. The number of hydrogen-bond donors (Lipinski definition) is 2. The van der Waals surface area contributed by atoms with Gasteiger partial charge in [0.1, 0.15) is 12.2 Å². The standard InChI is InChI=1S/C13H15N5.C3H4N2O/c1-2-4-9(5-3-1)13-17-16-11-8-15-12-10(18(11)13)6-7-14-12;4-2-1-3(5)6/h6-9,14H,1-5H2;1H2,(H2,5,6). The SMILES string of the molecule is N#CCC(N)=O.c1cc2c(ncc3nnc(C4CCCCC4)n32)[nH]1. The molecule has 0 atom stereocenters. The first-order chi connectivity index (χ1) is 11.7. The highest BCUT2D eigenvalue weighted by molar-refractivity contribution is 5.75. The van der Waals surface area contributed by atoms with Crippen LogP contribution >= 0.6 is 0 Å². The highest BCUT2D eigenvalue weighted by Crippen LogP contribution is 2.32. The molecule has 1 amide bonds. The first-order valence-corrected chi connectivity index (χ1v) is 8.03. The number of nitrogens with two attached hydrogens (primary N) is 1. The fourth-order valence-corrected chi connectivity index (χ4v) is 3.10. The number of carbonyl (C=O) groups excluding carboxylic acids is 1. The van der Waals surface area contributed by atoms with Crippen molar-refractivity contribution in [1.29, 1.82) is 5.26 Å². The first kappa shape index (κ1) is 15.9. The molecule has 8 nitrogen and oxygen atoms in total. The van der Waals surface area contributed by atoms with Gasteiger partial charge in [-0.15, -0.1) is 10.2 Å². The fraction of sp³-hybridized carbons (Fsp3) is 0.438. The van der Waals surface area contributed by atoms with Crippen LogP contribution in [-0.2, 0) is 4.79 Å². The summed E-state index contributed by atoms with van der Waals surface area (Å²) in [6.07, 6.45) is 9.96. The maximum Gasteiger partial charge on any atom is 0.231 e. The van der Waals surface area contributed by atoms with Gasteiger partial charge in [-0.05, 0) is 18.9 Å². The Kier molecular flexibility index (Phi) is 4.70. The quantitative estimate of drug-likeness (QED) is 0.745. The zero-order valence-corrected chi connectivity index (χ0v) is 13.3. The van der Waals surface area contributed by atoms with Crippen LogP contribution in [0.2, 0.25) is 0 Å². The molecule has 0 spiro atoms. The van der Waals surface area contributed by atoms with Crippen molar-refractivity contribution >= 4 is 22.7 Å². The van der Waals surface area contributed by atoms with E-state index in [1.54, 1.807) is 12.3 Å². The molecule has 0 bridgehead atoms. The Bertz CT molecular complexity index is 883. The lowest BCUT2D eigenvalue weighted by Crippen LogP contribution is -2.09. The Balaban J connectivity index is 0.000000246. The molecule has 24 heavy (non-hydrogen) atoms. The van der Waals surface area contributed by atoms with E-state index in [-0.39, 0.29) is 6.42 Å². The number of amides is 1. The molecule has 1 aliphatic carbocycles. The van der Waals surface area contributed by atoms with Gasteiger partial charge in [0.15, 0.2) is 11.3 Å². The second-order valence-corrected chi connectivity index (χ2v) is 5.86. The zero-order chi connectivity index (χ0) is 16.9. The van der Waals surface area contributed by atoms with Crippen LogP contribution in [0.1, 0.15) is 50.3 Å². The predicted molar refractivity (Wildman–Crippen MR) is 87.9 cm³/mol. The van der Waals surface area contributed by atoms with Crippen LogP contribution in [0.3, 0.4) is 0 Å². The average molecular weight is 325 g/mol. The molecule has 0 saturated heterocycles. The summed E-state index contributed by atoms with van der Waals surface area (Å²) < 4.78 is 2.16. The zero-order valence-electron chi connectivity index (χ0n) is 13.3. The number of fused-ring (bicyclic) bond motifs is 3. The van der Waals surface area contributed by atoms with Gasteiger partial charge in [0.2, 0.25) is 5.91 Å². The molecule has 3 heterocycles. The molecule has 0 unspecified atom stereocenters. The van der Waals surface area contributed by atoms with Crippen LogP contribution in [0.4, 0.5) is 0 Å². The molecule has 4 rings (SSSR count). The van der Waals surface area contributed by atoms with E-state index in [2.05, 4.69) is 30.3 Å². The van der Waals surface area contributed by atoms with E-state index in [4.69, 9.17) is 5.26 Å². The van der Waals surface area contributed by atoms with E-state index in [0.29, 0.717) is 5.92 Å². The third kappa shape index (κ3) is 3.20. The highest BCUT2D eigenvalue weighted by atomic mass is 16.1. The number of nitrogens with zero attached hydrogens (tertiary/aromatic N) is 5. The molecule has 0 aromatic carbocycles. The minimum Gasteiger partial charge on any atom is -0.369 e. The van der Waals surface area contributed by atoms with Gasteiger partial charge in [0, 0.05) is 12.1 Å². The van der Waals surface area contributed by atoms with Crippen LogP contribution in [0.25, 0.3) is 16.8 Å². The van der Waals surface area contributed by atoms with Gasteiger partial charge in [-0.25, -0.2) is 4.98 Å². The molecule has 1 saturated carbocycles. The smallest absolute Gasteiger partial charge is 0.231 e. The van der Waals surface area contributed by atoms with Crippen molar-refractivity contribution in [3.05, 3.63) is 24.3 Å². The van der Waals surface area contributed by atoms with Crippen molar-refractivity contribution in [2.24, 2.45) is 5.73 Å². The largest absolute Gasteiger partial charge is 0.369 e. The minimum absolute atomic E-state index is 0.181. The minimum atomic E-state index is -0.572. The predicted octanol–water partition coefficient (Wildman–Crippen LogP) is 2.04. The molecule has 0 radical (unpaired) electrons. The van der Waals surface area contributed by atoms with Crippen LogP contribution in [-0.4, -0.2) is 30.5 Å². The third-order valence-electron chi connectivity index (χ3n) is 4.19. The summed E-state index contributed by atoms with van der Waals surface area (Å²) in [4.78, 5) is 17.1. The summed E-state index contributed by atoms with van der Waals surface area (Å²) in [5, 5.41) is 16.4. The van der Waals surface area contributed by atoms with Gasteiger partial charge in [-0.3, -0.25) is 9.20 Å². The van der Waals surface area contributed by atoms with Gasteiger partial charge in [-0.2, -0.15) is 5.26 Å². The molecule has 3 N–H and O–H groups in total. The van der Waals surface area contributed by atoms with Crippen LogP contribution < -0.4 is 5.73 Å². The maximum atomic E-state index is 9.60. The number of primary amides is 1. The second kappa shape index (κ2) is 7.08. The number of aromatic amines is 1. The van der Waals surface area contributed by atoms with Gasteiger partial charge in [0.05, 0.1) is 17.8 Å². The third-order valence-corrected chi connectivity index (χ3v) is 4.19. The lowest BCUT2D eigenvalue weighted by molar-refractivity contribution is -0.117. The number of carbonyl (C=O) groups is 1. The molecular formula is C16H19N7O. The Morgan fingerprint density at radius 2 is 2.17 bits per heavy atom. The summed E-state index contributed by atoms with van der Waals surface area (Å²) in [5.41, 5.74) is 7.37. The van der Waals surface area contributed by atoms with E-state index in [9.17, 15) is 4.79 Å². The van der Waals surface area contributed by atoms with Crippen molar-refractivity contribution in [1.82, 2.24) is 24.6 Å². The number of aromatic nitrogens is 5. The van der Waals surface area contributed by atoms with Crippen molar-refractivity contribution in [2.45, 2.75) is 44.4 Å². The molecule has 0 aliphatic heterocycles. The lowest BCUT2D eigenvalue weighted by Gasteiger charge is -2.19. The Labute approximate surface area is 138 Å². The van der Waals surface area contributed by atoms with Gasteiger partial charge in [0.25, 0.3) is 0 Å². The molecule has 124 valence electrons. The fourth-order valence-electron chi connectivity index (χ4n) is 3.10. The second-order valence-electron chi connectivity index (χ2n) is 5.86. The lowest BCUT2D eigenvalue weighted by atomic mass is 9.89. The number of nitrogens with one attached hydrogen (secondary N) is 1. The van der Waals surface area contributed by atoms with Gasteiger partial charge < -0.3 is 10.7 Å². The molecule has 1 fully saturated rings. The maximum absolute atomic E-state index is 9.60. The number of rotatable bonds is 2. The molecular weight excluding hydrogens is 306 g/mol. The van der Waals surface area contributed by atoms with Crippen LogP contribution in [0.15, 0.2) is 18.5 Å². The van der Waals surface area contributed by atoms with Crippen molar-refractivity contribution in [3.8, 4) is 6.07 Å². The van der Waals surface area contributed by atoms with Gasteiger partial charge in [-0.1, -0.05) is 19.3 Å². The molecule has 1 aliphatic rings. The monoisotopic (exact) mass is 325 g/mol. The number of H-pyrrole nitrogens is 1. The number of nitriles is 1. The summed E-state index contributed by atoms with van der Waals surface area (Å²) in [6, 6.07) is 3.64. The highest BCUT2D eigenvalue weighted by Gasteiger charge is 2.22. The topological polar surface area (TPSA) is 126 Å². The van der Waals surface area contributed by atoms with Crippen molar-refractivity contribution in [2.75, 3.05) is 0 Å². The van der Waals surface area contributed by atoms with Gasteiger partial charge >= 0.3 is 0 Å². The Morgan fingerprint density at radius 3 is 2.83 bits per heavy atom. The average Bonchev–Trinajstić information content (AvgIpc) is 3.22. The van der Waals surface area contributed by atoms with E-state index in [1.165, 1.54) is 32.1 Å². The van der Waals surface area contributed by atoms with E-state index in [0.717, 1.165) is 22.6 Å². The van der Waals surface area contributed by atoms with Crippen molar-refractivity contribution < 1.29 is 4.79 Å². The van der Waals surface area contributed by atoms with Crippen LogP contribution in [0, 0.1) is 11.3 Å². The summed E-state index contributed by atoms with van der Waals surface area (Å²) in [5.74, 6) is 1.09. The number of hydrogen-bond acceptors (Lipinski definition) is 5. The summed E-state index contributed by atoms with van der Waals surface area (Å²) >= 11 is 0.